The first-order valence-corrected chi connectivity index (χ1v) is 7.14. The number of hydrogen-bond donors (Lipinski definition) is 1. The molecule has 5 heteroatoms. The van der Waals surface area contributed by atoms with Gasteiger partial charge in [-0.05, 0) is 30.0 Å². The van der Waals surface area contributed by atoms with E-state index in [0.717, 1.165) is 4.88 Å². The standard InChI is InChI=1S/C15H15NO3S/c17-14(9-8-13-7-4-10-20-13)16(11-15(18)19)12-5-2-1-3-6-12/h1-7,10H,8-9,11H2,(H,18,19). The van der Waals surface area contributed by atoms with Crippen molar-refractivity contribution >= 4 is 28.9 Å². The van der Waals surface area contributed by atoms with Gasteiger partial charge in [0, 0.05) is 17.0 Å². The van der Waals surface area contributed by atoms with Crippen molar-refractivity contribution in [2.45, 2.75) is 12.8 Å². The van der Waals surface area contributed by atoms with Gasteiger partial charge in [-0.1, -0.05) is 24.3 Å². The maximum atomic E-state index is 12.2. The second kappa shape index (κ2) is 6.86. The Morgan fingerprint density at radius 3 is 2.45 bits per heavy atom. The number of rotatable bonds is 6. The average molecular weight is 289 g/mol. The van der Waals surface area contributed by atoms with Crippen molar-refractivity contribution in [3.05, 3.63) is 52.7 Å². The molecule has 104 valence electrons. The lowest BCUT2D eigenvalue weighted by Crippen LogP contribution is -2.35. The van der Waals surface area contributed by atoms with Crippen molar-refractivity contribution in [1.29, 1.82) is 0 Å². The van der Waals surface area contributed by atoms with Gasteiger partial charge >= 0.3 is 5.97 Å². The minimum Gasteiger partial charge on any atom is -0.480 e. The summed E-state index contributed by atoms with van der Waals surface area (Å²) >= 11 is 1.60. The van der Waals surface area contributed by atoms with Crippen LogP contribution in [0, 0.1) is 0 Å². The number of amides is 1. The molecule has 2 rings (SSSR count). The molecule has 2 aromatic rings. The van der Waals surface area contributed by atoms with Crippen molar-refractivity contribution in [2.75, 3.05) is 11.4 Å². The number of aliphatic carboxylic acids is 1. The minimum absolute atomic E-state index is 0.174. The molecule has 0 spiro atoms. The molecule has 0 fully saturated rings. The molecule has 4 nitrogen and oxygen atoms in total. The molecule has 1 amide bonds. The number of thiophene rings is 1. The molecule has 1 aromatic heterocycles. The topological polar surface area (TPSA) is 57.6 Å². The van der Waals surface area contributed by atoms with Crippen molar-refractivity contribution in [3.8, 4) is 0 Å². The Bertz CT molecular complexity index is 566. The van der Waals surface area contributed by atoms with Crippen LogP contribution in [0.2, 0.25) is 0 Å². The summed E-state index contributed by atoms with van der Waals surface area (Å²) in [6.45, 7) is -0.312. The van der Waals surface area contributed by atoms with E-state index in [1.165, 1.54) is 4.90 Å². The van der Waals surface area contributed by atoms with E-state index in [0.29, 0.717) is 18.5 Å². The van der Waals surface area contributed by atoms with Gasteiger partial charge in [0.15, 0.2) is 0 Å². The first-order valence-electron chi connectivity index (χ1n) is 6.26. The molecule has 0 saturated heterocycles. The van der Waals surface area contributed by atoms with Gasteiger partial charge in [-0.25, -0.2) is 0 Å². The van der Waals surface area contributed by atoms with Crippen LogP contribution in [0.25, 0.3) is 0 Å². The highest BCUT2D eigenvalue weighted by Gasteiger charge is 2.18. The molecule has 20 heavy (non-hydrogen) atoms. The number of hydrogen-bond acceptors (Lipinski definition) is 3. The summed E-state index contributed by atoms with van der Waals surface area (Å²) in [4.78, 5) is 25.6. The number of benzene rings is 1. The third kappa shape index (κ3) is 3.93. The van der Waals surface area contributed by atoms with E-state index >= 15 is 0 Å². The summed E-state index contributed by atoms with van der Waals surface area (Å²) in [5.41, 5.74) is 0.617. The van der Waals surface area contributed by atoms with Crippen LogP contribution in [0.3, 0.4) is 0 Å². The molecule has 0 aliphatic rings. The fraction of sp³-hybridized carbons (Fsp3) is 0.200. The van der Waals surface area contributed by atoms with Gasteiger partial charge in [-0.3, -0.25) is 9.59 Å². The fourth-order valence-corrected chi connectivity index (χ4v) is 2.60. The highest BCUT2D eigenvalue weighted by Crippen LogP contribution is 2.17. The van der Waals surface area contributed by atoms with Crippen LogP contribution in [0.15, 0.2) is 47.8 Å². The van der Waals surface area contributed by atoms with Crippen LogP contribution in [0.5, 0.6) is 0 Å². The summed E-state index contributed by atoms with van der Waals surface area (Å²) in [6, 6.07) is 12.8. The molecular formula is C15H15NO3S. The number of para-hydroxylation sites is 1. The van der Waals surface area contributed by atoms with Gasteiger partial charge in [0.05, 0.1) is 0 Å². The van der Waals surface area contributed by atoms with Crippen LogP contribution >= 0.6 is 11.3 Å². The van der Waals surface area contributed by atoms with Crippen molar-refractivity contribution in [1.82, 2.24) is 0 Å². The van der Waals surface area contributed by atoms with Crippen molar-refractivity contribution in [3.63, 3.8) is 0 Å². The van der Waals surface area contributed by atoms with Gasteiger partial charge in [0.2, 0.25) is 5.91 Å². The summed E-state index contributed by atoms with van der Waals surface area (Å²) in [5, 5.41) is 10.9. The van der Waals surface area contributed by atoms with Crippen molar-refractivity contribution in [2.24, 2.45) is 0 Å². The maximum Gasteiger partial charge on any atom is 0.323 e. The number of anilines is 1. The van der Waals surface area contributed by atoms with Gasteiger partial charge < -0.3 is 10.0 Å². The zero-order valence-corrected chi connectivity index (χ0v) is 11.7. The molecule has 0 bridgehead atoms. The maximum absolute atomic E-state index is 12.2. The number of nitrogens with zero attached hydrogens (tertiary/aromatic N) is 1. The Labute approximate surface area is 121 Å². The monoisotopic (exact) mass is 289 g/mol. The van der Waals surface area contributed by atoms with Crippen LogP contribution in [-0.2, 0) is 16.0 Å². The Morgan fingerprint density at radius 1 is 1.10 bits per heavy atom. The number of carbonyl (C=O) groups excluding carboxylic acids is 1. The quantitative estimate of drug-likeness (QED) is 0.889. The number of carboxylic acid groups (broad SMARTS) is 1. The lowest BCUT2D eigenvalue weighted by molar-refractivity contribution is -0.136. The SMILES string of the molecule is O=C(O)CN(C(=O)CCc1cccs1)c1ccccc1. The van der Waals surface area contributed by atoms with Gasteiger partial charge in [-0.15, -0.1) is 11.3 Å². The Morgan fingerprint density at radius 2 is 1.85 bits per heavy atom. The molecule has 1 aromatic carbocycles. The summed E-state index contributed by atoms with van der Waals surface area (Å²) < 4.78 is 0. The number of carboxylic acids is 1. The molecule has 0 radical (unpaired) electrons. The third-order valence-corrected chi connectivity index (χ3v) is 3.76. The van der Waals surface area contributed by atoms with Crippen molar-refractivity contribution < 1.29 is 14.7 Å². The predicted molar refractivity (Wildman–Crippen MR) is 79.1 cm³/mol. The van der Waals surface area contributed by atoms with Crippen LogP contribution in [0.4, 0.5) is 5.69 Å². The second-order valence-corrected chi connectivity index (χ2v) is 5.32. The van der Waals surface area contributed by atoms with E-state index in [-0.39, 0.29) is 12.5 Å². The molecule has 0 aliphatic carbocycles. The highest BCUT2D eigenvalue weighted by atomic mass is 32.1. The van der Waals surface area contributed by atoms with Gasteiger partial charge in [0.1, 0.15) is 6.54 Å². The fourth-order valence-electron chi connectivity index (χ4n) is 1.89. The second-order valence-electron chi connectivity index (χ2n) is 4.29. The lowest BCUT2D eigenvalue weighted by atomic mass is 10.2. The molecule has 1 heterocycles. The van der Waals surface area contributed by atoms with Gasteiger partial charge in [-0.2, -0.15) is 0 Å². The van der Waals surface area contributed by atoms with Crippen LogP contribution in [-0.4, -0.2) is 23.5 Å². The minimum atomic E-state index is -1.02. The molecular weight excluding hydrogens is 274 g/mol. The smallest absolute Gasteiger partial charge is 0.323 e. The predicted octanol–water partition coefficient (Wildman–Crippen LogP) is 2.80. The zero-order valence-electron chi connectivity index (χ0n) is 10.9. The van der Waals surface area contributed by atoms with Crippen LogP contribution < -0.4 is 4.90 Å². The summed E-state index contributed by atoms with van der Waals surface area (Å²) in [7, 11) is 0. The molecule has 1 N–H and O–H groups in total. The van der Waals surface area contributed by atoms with E-state index in [9.17, 15) is 9.59 Å². The van der Waals surface area contributed by atoms with Crippen LogP contribution in [0.1, 0.15) is 11.3 Å². The Hall–Kier alpha value is -2.14. The first kappa shape index (κ1) is 14.3. The first-order chi connectivity index (χ1) is 9.66. The lowest BCUT2D eigenvalue weighted by Gasteiger charge is -2.20. The van der Waals surface area contributed by atoms with E-state index in [1.54, 1.807) is 35.6 Å². The number of carbonyl (C=O) groups is 2. The summed E-state index contributed by atoms with van der Waals surface area (Å²) in [5.74, 6) is -1.19. The molecule has 0 unspecified atom stereocenters. The molecule has 0 atom stereocenters. The van der Waals surface area contributed by atoms with E-state index in [2.05, 4.69) is 0 Å². The Kier molecular flexibility index (Phi) is 4.90. The van der Waals surface area contributed by atoms with E-state index < -0.39 is 5.97 Å². The average Bonchev–Trinajstić information content (AvgIpc) is 2.96. The normalized spacial score (nSPS) is 10.2. The van der Waals surface area contributed by atoms with E-state index in [4.69, 9.17) is 5.11 Å². The number of aryl methyl sites for hydroxylation is 1. The molecule has 0 aliphatic heterocycles. The van der Waals surface area contributed by atoms with Gasteiger partial charge in [0.25, 0.3) is 0 Å². The Balaban J connectivity index is 2.06. The van der Waals surface area contributed by atoms with E-state index in [1.807, 2.05) is 23.6 Å². The summed E-state index contributed by atoms with van der Waals surface area (Å²) in [6.07, 6.45) is 0.947. The molecule has 0 saturated carbocycles. The third-order valence-electron chi connectivity index (χ3n) is 2.83. The zero-order chi connectivity index (χ0) is 14.4. The highest BCUT2D eigenvalue weighted by molar-refractivity contribution is 7.09. The largest absolute Gasteiger partial charge is 0.480 e.